The Morgan fingerprint density at radius 1 is 1.22 bits per heavy atom. The third-order valence-corrected chi connectivity index (χ3v) is 5.99. The molecular formula is C23H26F2N6O. The second-order valence-electron chi connectivity index (χ2n) is 7.91. The summed E-state index contributed by atoms with van der Waals surface area (Å²) in [6, 6.07) is 11.7. The Bertz CT molecular complexity index is 1030. The first-order valence-electron chi connectivity index (χ1n) is 10.4. The van der Waals surface area contributed by atoms with Gasteiger partial charge in [-0.2, -0.15) is 5.26 Å². The van der Waals surface area contributed by atoms with Crippen molar-refractivity contribution in [2.75, 3.05) is 19.3 Å². The highest BCUT2D eigenvalue weighted by atomic mass is 19.2. The SMILES string of the molecule is CN/C(=N\C#N)N[C@H]1CC[C@](CNC(=O)c2cc(F)c(F)cc2N)(c2ccccc2)CC1. The Morgan fingerprint density at radius 2 is 1.88 bits per heavy atom. The third kappa shape index (κ3) is 5.14. The van der Waals surface area contributed by atoms with E-state index in [1.54, 1.807) is 13.2 Å². The smallest absolute Gasteiger partial charge is 0.253 e. The van der Waals surface area contributed by atoms with Gasteiger partial charge in [0.25, 0.3) is 5.91 Å². The van der Waals surface area contributed by atoms with Gasteiger partial charge in [0.1, 0.15) is 0 Å². The molecule has 0 unspecified atom stereocenters. The summed E-state index contributed by atoms with van der Waals surface area (Å²) >= 11 is 0. The summed E-state index contributed by atoms with van der Waals surface area (Å²) in [4.78, 5) is 16.4. The van der Waals surface area contributed by atoms with E-state index < -0.39 is 17.5 Å². The number of amides is 1. The molecule has 7 nitrogen and oxygen atoms in total. The first-order valence-corrected chi connectivity index (χ1v) is 10.4. The number of hydrogen-bond donors (Lipinski definition) is 4. The van der Waals surface area contributed by atoms with Crippen LogP contribution in [0.25, 0.3) is 0 Å². The van der Waals surface area contributed by atoms with E-state index in [0.717, 1.165) is 43.4 Å². The van der Waals surface area contributed by atoms with Gasteiger partial charge in [-0.05, 0) is 37.3 Å². The largest absolute Gasteiger partial charge is 0.398 e. The van der Waals surface area contributed by atoms with Crippen LogP contribution in [0.3, 0.4) is 0 Å². The second kappa shape index (κ2) is 10.1. The van der Waals surface area contributed by atoms with Gasteiger partial charge in [-0.15, -0.1) is 4.99 Å². The number of benzene rings is 2. The van der Waals surface area contributed by atoms with Gasteiger partial charge in [0.05, 0.1) is 5.56 Å². The summed E-state index contributed by atoms with van der Waals surface area (Å²) in [5.74, 6) is -2.33. The third-order valence-electron chi connectivity index (χ3n) is 5.99. The van der Waals surface area contributed by atoms with Gasteiger partial charge in [-0.3, -0.25) is 4.79 Å². The quantitative estimate of drug-likeness (QED) is 0.247. The number of carbonyl (C=O) groups is 1. The van der Waals surface area contributed by atoms with Gasteiger partial charge in [0.15, 0.2) is 11.6 Å². The van der Waals surface area contributed by atoms with Crippen LogP contribution in [-0.4, -0.2) is 31.5 Å². The Labute approximate surface area is 185 Å². The summed E-state index contributed by atoms with van der Waals surface area (Å²) < 4.78 is 27.0. The lowest BCUT2D eigenvalue weighted by molar-refractivity contribution is 0.0935. The van der Waals surface area contributed by atoms with Crippen LogP contribution in [-0.2, 0) is 5.41 Å². The van der Waals surface area contributed by atoms with Gasteiger partial charge in [-0.25, -0.2) is 8.78 Å². The molecule has 1 aliphatic carbocycles. The number of hydrogen-bond acceptors (Lipinski definition) is 4. The molecule has 0 saturated heterocycles. The van der Waals surface area contributed by atoms with Gasteiger partial charge in [0.2, 0.25) is 12.2 Å². The molecule has 2 aromatic rings. The molecule has 5 N–H and O–H groups in total. The molecule has 168 valence electrons. The number of carbonyl (C=O) groups excluding carboxylic acids is 1. The van der Waals surface area contributed by atoms with E-state index in [1.165, 1.54) is 0 Å². The second-order valence-corrected chi connectivity index (χ2v) is 7.91. The summed E-state index contributed by atoms with van der Waals surface area (Å²) in [7, 11) is 1.69. The molecule has 2 aromatic carbocycles. The number of nitrogens with two attached hydrogens (primary N) is 1. The Hall–Kier alpha value is -3.67. The van der Waals surface area contributed by atoms with Gasteiger partial charge < -0.3 is 21.7 Å². The predicted molar refractivity (Wildman–Crippen MR) is 119 cm³/mol. The molecule has 1 amide bonds. The van der Waals surface area contributed by atoms with Crippen molar-refractivity contribution in [1.29, 1.82) is 5.26 Å². The van der Waals surface area contributed by atoms with Crippen LogP contribution in [0, 0.1) is 23.1 Å². The van der Waals surface area contributed by atoms with Crippen molar-refractivity contribution in [2.45, 2.75) is 37.1 Å². The average Bonchev–Trinajstić information content (AvgIpc) is 2.81. The van der Waals surface area contributed by atoms with E-state index in [-0.39, 0.29) is 22.7 Å². The minimum Gasteiger partial charge on any atom is -0.398 e. The van der Waals surface area contributed by atoms with Gasteiger partial charge in [0, 0.05) is 36.8 Å². The number of nitriles is 1. The highest BCUT2D eigenvalue weighted by molar-refractivity contribution is 5.99. The molecule has 0 bridgehead atoms. The first kappa shape index (κ1) is 23.0. The van der Waals surface area contributed by atoms with Crippen LogP contribution in [0.15, 0.2) is 47.5 Å². The van der Waals surface area contributed by atoms with E-state index in [0.29, 0.717) is 12.5 Å². The molecule has 0 aromatic heterocycles. The zero-order valence-electron chi connectivity index (χ0n) is 17.8. The van der Waals surface area contributed by atoms with E-state index in [2.05, 4.69) is 20.9 Å². The number of anilines is 1. The Morgan fingerprint density at radius 3 is 2.50 bits per heavy atom. The number of nitrogens with zero attached hydrogens (tertiary/aromatic N) is 2. The summed E-state index contributed by atoms with van der Waals surface area (Å²) in [6.45, 7) is 0.326. The van der Waals surface area contributed by atoms with E-state index >= 15 is 0 Å². The monoisotopic (exact) mass is 440 g/mol. The summed E-state index contributed by atoms with van der Waals surface area (Å²) in [6.07, 6.45) is 4.90. The van der Waals surface area contributed by atoms with Crippen LogP contribution >= 0.6 is 0 Å². The lowest BCUT2D eigenvalue weighted by Gasteiger charge is -2.41. The fraction of sp³-hybridized carbons (Fsp3) is 0.348. The van der Waals surface area contributed by atoms with Crippen molar-refractivity contribution in [3.8, 4) is 6.19 Å². The average molecular weight is 440 g/mol. The lowest BCUT2D eigenvalue weighted by atomic mass is 9.68. The standard InChI is InChI=1S/C23H26F2N6O/c1-28-22(30-14-26)31-16-7-9-23(10-8-16,15-5-3-2-4-6-15)13-29-21(32)17-11-18(24)19(25)12-20(17)27/h2-6,11-12,16H,7-10,13,27H2,1H3,(H,29,32)(H2,28,30,31)/t16-,23-. The van der Waals surface area contributed by atoms with Crippen LogP contribution in [0.1, 0.15) is 41.6 Å². The Kier molecular flexibility index (Phi) is 7.25. The minimum atomic E-state index is -1.12. The van der Waals surface area contributed by atoms with Crippen LogP contribution < -0.4 is 21.7 Å². The topological polar surface area (TPSA) is 115 Å². The van der Waals surface area contributed by atoms with Gasteiger partial charge >= 0.3 is 0 Å². The Balaban J connectivity index is 1.75. The van der Waals surface area contributed by atoms with Crippen molar-refractivity contribution in [1.82, 2.24) is 16.0 Å². The molecule has 32 heavy (non-hydrogen) atoms. The first-order chi connectivity index (χ1) is 15.4. The molecule has 1 saturated carbocycles. The van der Waals surface area contributed by atoms with E-state index in [4.69, 9.17) is 11.0 Å². The number of nitrogen functional groups attached to an aromatic ring is 1. The molecule has 3 rings (SSSR count). The maximum Gasteiger partial charge on any atom is 0.253 e. The van der Waals surface area contributed by atoms with E-state index in [1.807, 2.05) is 30.3 Å². The normalized spacial score (nSPS) is 20.8. The fourth-order valence-electron chi connectivity index (χ4n) is 4.18. The zero-order chi connectivity index (χ0) is 23.1. The summed E-state index contributed by atoms with van der Waals surface area (Å²) in [5, 5.41) is 17.8. The molecule has 1 fully saturated rings. The van der Waals surface area contributed by atoms with E-state index in [9.17, 15) is 13.6 Å². The van der Waals surface area contributed by atoms with Crippen molar-refractivity contribution in [3.05, 3.63) is 65.2 Å². The number of guanidine groups is 1. The maximum absolute atomic E-state index is 13.6. The molecular weight excluding hydrogens is 414 g/mol. The molecule has 9 heteroatoms. The number of nitrogens with one attached hydrogen (secondary N) is 3. The molecule has 0 aliphatic heterocycles. The number of aliphatic imine (C=N–C) groups is 1. The minimum absolute atomic E-state index is 0.0890. The molecule has 0 atom stereocenters. The fourth-order valence-corrected chi connectivity index (χ4v) is 4.18. The van der Waals surface area contributed by atoms with Crippen molar-refractivity contribution >= 4 is 17.6 Å². The van der Waals surface area contributed by atoms with Crippen molar-refractivity contribution < 1.29 is 13.6 Å². The number of halogens is 2. The highest BCUT2D eigenvalue weighted by Crippen LogP contribution is 2.39. The summed E-state index contributed by atoms with van der Waals surface area (Å²) in [5.41, 5.74) is 6.30. The molecule has 0 radical (unpaired) electrons. The van der Waals surface area contributed by atoms with Crippen molar-refractivity contribution in [2.24, 2.45) is 4.99 Å². The van der Waals surface area contributed by atoms with Crippen LogP contribution in [0.4, 0.5) is 14.5 Å². The highest BCUT2D eigenvalue weighted by Gasteiger charge is 2.37. The predicted octanol–water partition coefficient (Wildman–Crippen LogP) is 2.80. The van der Waals surface area contributed by atoms with Crippen LogP contribution in [0.5, 0.6) is 0 Å². The maximum atomic E-state index is 13.6. The zero-order valence-corrected chi connectivity index (χ0v) is 17.8. The number of rotatable bonds is 5. The molecule has 0 heterocycles. The molecule has 1 aliphatic rings. The molecule has 0 spiro atoms. The lowest BCUT2D eigenvalue weighted by Crippen LogP contribution is -2.49. The van der Waals surface area contributed by atoms with Crippen LogP contribution in [0.2, 0.25) is 0 Å². The van der Waals surface area contributed by atoms with Crippen molar-refractivity contribution in [3.63, 3.8) is 0 Å². The van der Waals surface area contributed by atoms with Gasteiger partial charge in [-0.1, -0.05) is 30.3 Å².